The molecular weight excluding hydrogens is 394 g/mol. The van der Waals surface area contributed by atoms with Crippen molar-refractivity contribution in [3.8, 4) is 0 Å². The van der Waals surface area contributed by atoms with Crippen molar-refractivity contribution in [2.75, 3.05) is 26.7 Å². The summed E-state index contributed by atoms with van der Waals surface area (Å²) in [6.45, 7) is 3.38. The van der Waals surface area contributed by atoms with Crippen molar-refractivity contribution in [3.05, 3.63) is 65.5 Å². The fourth-order valence-electron chi connectivity index (χ4n) is 4.43. The number of piperidine rings is 1. The Morgan fingerprint density at radius 1 is 1.13 bits per heavy atom. The summed E-state index contributed by atoms with van der Waals surface area (Å²) in [5, 5.41) is 2.97. The molecular formula is C24H29N3O4. The minimum atomic E-state index is -0.414. The smallest absolute Gasteiger partial charge is 0.337 e. The van der Waals surface area contributed by atoms with Crippen LogP contribution < -0.4 is 5.32 Å². The highest BCUT2D eigenvalue weighted by atomic mass is 16.5. The van der Waals surface area contributed by atoms with Crippen LogP contribution in [0.5, 0.6) is 0 Å². The molecule has 2 aliphatic rings. The van der Waals surface area contributed by atoms with Crippen LogP contribution >= 0.6 is 0 Å². The molecule has 7 nitrogen and oxygen atoms in total. The van der Waals surface area contributed by atoms with E-state index in [4.69, 9.17) is 4.74 Å². The van der Waals surface area contributed by atoms with Gasteiger partial charge in [-0.1, -0.05) is 6.07 Å². The second-order valence-electron chi connectivity index (χ2n) is 8.34. The number of amides is 1. The van der Waals surface area contributed by atoms with Gasteiger partial charge < -0.3 is 14.8 Å². The van der Waals surface area contributed by atoms with Crippen LogP contribution in [0.1, 0.15) is 52.1 Å². The van der Waals surface area contributed by atoms with E-state index in [1.165, 1.54) is 7.11 Å². The van der Waals surface area contributed by atoms with Crippen molar-refractivity contribution in [3.63, 3.8) is 0 Å². The lowest BCUT2D eigenvalue weighted by Crippen LogP contribution is -2.45. The van der Waals surface area contributed by atoms with Crippen molar-refractivity contribution in [2.24, 2.45) is 0 Å². The molecule has 31 heavy (non-hydrogen) atoms. The van der Waals surface area contributed by atoms with Crippen LogP contribution in [0.2, 0.25) is 0 Å². The van der Waals surface area contributed by atoms with Crippen molar-refractivity contribution in [1.29, 1.82) is 0 Å². The fraction of sp³-hybridized carbons (Fsp3) is 0.458. The summed E-state index contributed by atoms with van der Waals surface area (Å²) in [6, 6.07) is 12.5. The van der Waals surface area contributed by atoms with Gasteiger partial charge in [0.05, 0.1) is 30.1 Å². The first-order chi connectivity index (χ1) is 15.1. The van der Waals surface area contributed by atoms with Crippen LogP contribution in [-0.4, -0.2) is 60.2 Å². The number of rotatable bonds is 6. The highest BCUT2D eigenvalue weighted by Gasteiger charge is 2.42. The molecule has 1 amide bonds. The van der Waals surface area contributed by atoms with Crippen LogP contribution in [-0.2, 0) is 16.0 Å². The summed E-state index contributed by atoms with van der Waals surface area (Å²) < 4.78 is 11.1. The molecule has 0 aliphatic carbocycles. The maximum absolute atomic E-state index is 12.4. The van der Waals surface area contributed by atoms with Gasteiger partial charge in [0.25, 0.3) is 5.91 Å². The number of hydrogen-bond donors (Lipinski definition) is 1. The standard InChI is InChI=1S/C24H29N3O4/c1-30-23(29)19-7-5-18(6-8-19)22(28)26-16-21-9-10-24(31-21)11-14-27(15-12-24)17-20-4-2-3-13-25-20/h2-8,13,21H,9-12,14-17H2,1H3,(H,26,28). The van der Waals surface area contributed by atoms with Crippen molar-refractivity contribution >= 4 is 11.9 Å². The van der Waals surface area contributed by atoms with E-state index in [0.717, 1.165) is 51.0 Å². The Balaban J connectivity index is 1.22. The summed E-state index contributed by atoms with van der Waals surface area (Å²) >= 11 is 0. The Hall–Kier alpha value is -2.77. The third-order valence-electron chi connectivity index (χ3n) is 6.28. The number of ether oxygens (including phenoxy) is 2. The third kappa shape index (κ3) is 5.29. The van der Waals surface area contributed by atoms with Gasteiger partial charge in [0.2, 0.25) is 0 Å². The highest BCUT2D eigenvalue weighted by molar-refractivity contribution is 5.96. The van der Waals surface area contributed by atoms with E-state index in [9.17, 15) is 9.59 Å². The van der Waals surface area contributed by atoms with Gasteiger partial charge in [-0.05, 0) is 62.1 Å². The van der Waals surface area contributed by atoms with E-state index in [-0.39, 0.29) is 17.6 Å². The van der Waals surface area contributed by atoms with Gasteiger partial charge in [-0.15, -0.1) is 0 Å². The number of aromatic nitrogens is 1. The first-order valence-electron chi connectivity index (χ1n) is 10.8. The van der Waals surface area contributed by atoms with Crippen molar-refractivity contribution in [1.82, 2.24) is 15.2 Å². The zero-order valence-electron chi connectivity index (χ0n) is 17.9. The molecule has 2 fully saturated rings. The van der Waals surface area contributed by atoms with Gasteiger partial charge >= 0.3 is 5.97 Å². The van der Waals surface area contributed by atoms with E-state index in [1.54, 1.807) is 24.3 Å². The molecule has 164 valence electrons. The number of hydrogen-bond acceptors (Lipinski definition) is 6. The number of likely N-dealkylation sites (tertiary alicyclic amines) is 1. The maximum Gasteiger partial charge on any atom is 0.337 e. The summed E-state index contributed by atoms with van der Waals surface area (Å²) in [6.07, 6.45) is 5.91. The summed E-state index contributed by atoms with van der Waals surface area (Å²) in [5.74, 6) is -0.575. The van der Waals surface area contributed by atoms with Crippen LogP contribution in [0.25, 0.3) is 0 Å². The molecule has 1 N–H and O–H groups in total. The zero-order valence-corrected chi connectivity index (χ0v) is 17.9. The Bertz CT molecular complexity index is 893. The van der Waals surface area contributed by atoms with Gasteiger partial charge in [-0.25, -0.2) is 4.79 Å². The number of nitrogens with zero attached hydrogens (tertiary/aromatic N) is 2. The predicted octanol–water partition coefficient (Wildman–Crippen LogP) is 2.81. The Morgan fingerprint density at radius 3 is 2.55 bits per heavy atom. The number of benzene rings is 1. The van der Waals surface area contributed by atoms with Crippen molar-refractivity contribution in [2.45, 2.75) is 43.9 Å². The zero-order chi connectivity index (χ0) is 21.7. The highest BCUT2D eigenvalue weighted by Crippen LogP contribution is 2.38. The first-order valence-corrected chi connectivity index (χ1v) is 10.8. The second-order valence-corrected chi connectivity index (χ2v) is 8.34. The number of esters is 1. The summed E-state index contributed by atoms with van der Waals surface area (Å²) in [7, 11) is 1.33. The molecule has 1 aromatic carbocycles. The molecule has 2 aromatic rings. The van der Waals surface area contributed by atoms with Crippen LogP contribution in [0.15, 0.2) is 48.7 Å². The molecule has 7 heteroatoms. The van der Waals surface area contributed by atoms with E-state index < -0.39 is 5.97 Å². The lowest BCUT2D eigenvalue weighted by Gasteiger charge is -2.39. The second kappa shape index (κ2) is 9.58. The number of nitrogens with one attached hydrogen (secondary N) is 1. The molecule has 2 aliphatic heterocycles. The molecule has 0 radical (unpaired) electrons. The molecule has 1 atom stereocenters. The van der Waals surface area contributed by atoms with Crippen LogP contribution in [0, 0.1) is 0 Å². The van der Waals surface area contributed by atoms with E-state index in [2.05, 4.69) is 26.0 Å². The average Bonchev–Trinajstić information content (AvgIpc) is 3.22. The molecule has 4 rings (SSSR count). The van der Waals surface area contributed by atoms with Crippen LogP contribution in [0.4, 0.5) is 0 Å². The normalized spacial score (nSPS) is 20.5. The Kier molecular flexibility index (Phi) is 6.63. The maximum atomic E-state index is 12.4. The monoisotopic (exact) mass is 423 g/mol. The lowest BCUT2D eigenvalue weighted by atomic mass is 9.88. The molecule has 1 aromatic heterocycles. The molecule has 0 bridgehead atoms. The summed E-state index contributed by atoms with van der Waals surface area (Å²) in [5.41, 5.74) is 1.99. The SMILES string of the molecule is COC(=O)c1ccc(C(=O)NCC2CCC3(CCN(Cc4ccccn4)CC3)O2)cc1. The summed E-state index contributed by atoms with van der Waals surface area (Å²) in [4.78, 5) is 30.8. The Morgan fingerprint density at radius 2 is 1.87 bits per heavy atom. The number of carbonyl (C=O) groups excluding carboxylic acids is 2. The Labute approximate surface area is 182 Å². The van der Waals surface area contributed by atoms with Gasteiger partial charge in [-0.3, -0.25) is 14.7 Å². The molecule has 3 heterocycles. The minimum Gasteiger partial charge on any atom is -0.465 e. The molecule has 2 saturated heterocycles. The first kappa shape index (κ1) is 21.5. The van der Waals surface area contributed by atoms with Gasteiger partial charge in [0.15, 0.2) is 0 Å². The van der Waals surface area contributed by atoms with Gasteiger partial charge in [-0.2, -0.15) is 0 Å². The molecule has 1 unspecified atom stereocenters. The van der Waals surface area contributed by atoms with E-state index in [1.807, 2.05) is 18.3 Å². The van der Waals surface area contributed by atoms with E-state index >= 15 is 0 Å². The quantitative estimate of drug-likeness (QED) is 0.720. The van der Waals surface area contributed by atoms with E-state index in [0.29, 0.717) is 17.7 Å². The van der Waals surface area contributed by atoms with Crippen LogP contribution in [0.3, 0.4) is 0 Å². The molecule has 0 saturated carbocycles. The largest absolute Gasteiger partial charge is 0.465 e. The van der Waals surface area contributed by atoms with Gasteiger partial charge in [0.1, 0.15) is 0 Å². The number of methoxy groups -OCH3 is 1. The third-order valence-corrected chi connectivity index (χ3v) is 6.28. The molecule has 1 spiro atoms. The number of pyridine rings is 1. The number of carbonyl (C=O) groups is 2. The topological polar surface area (TPSA) is 80.8 Å². The average molecular weight is 424 g/mol. The minimum absolute atomic E-state index is 0.0423. The lowest BCUT2D eigenvalue weighted by molar-refractivity contribution is -0.0765. The predicted molar refractivity (Wildman–Crippen MR) is 116 cm³/mol. The van der Waals surface area contributed by atoms with Gasteiger partial charge in [0, 0.05) is 37.9 Å². The fourth-order valence-corrected chi connectivity index (χ4v) is 4.43. The van der Waals surface area contributed by atoms with Crippen molar-refractivity contribution < 1.29 is 19.1 Å².